The van der Waals surface area contributed by atoms with Gasteiger partial charge in [-0.3, -0.25) is 4.79 Å². The molecule has 2 N–H and O–H groups in total. The molecule has 0 bridgehead atoms. The highest BCUT2D eigenvalue weighted by atomic mass is 16.4. The third-order valence-electron chi connectivity index (χ3n) is 7.05. The predicted molar refractivity (Wildman–Crippen MR) is 100 cm³/mol. The van der Waals surface area contributed by atoms with Crippen molar-refractivity contribution in [1.29, 1.82) is 0 Å². The average Bonchev–Trinajstić information content (AvgIpc) is 3.27. The maximum Gasteiger partial charge on any atom is 0.407 e. The van der Waals surface area contributed by atoms with Gasteiger partial charge in [-0.25, -0.2) is 4.79 Å². The van der Waals surface area contributed by atoms with Crippen LogP contribution in [0.2, 0.25) is 0 Å². The standard InChI is InChI=1S/C21H28N2O4/c24-18-12-17(16-6-2-1-3-7-16)13-23(18)15-21(27)10-11-22(19(25)26)14-20(21)8-4-5-9-20/h1-3,6-7,17,27H,4-5,8-15H2,(H,25,26). The first kappa shape index (κ1) is 18.3. The van der Waals surface area contributed by atoms with Crippen LogP contribution in [0.1, 0.15) is 50.0 Å². The Kier molecular flexibility index (Phi) is 4.62. The van der Waals surface area contributed by atoms with Crippen molar-refractivity contribution in [2.45, 2.75) is 50.0 Å². The lowest BCUT2D eigenvalue weighted by Crippen LogP contribution is -2.63. The molecule has 6 heteroatoms. The van der Waals surface area contributed by atoms with Crippen molar-refractivity contribution in [3.63, 3.8) is 0 Å². The van der Waals surface area contributed by atoms with Crippen molar-refractivity contribution in [3.8, 4) is 0 Å². The maximum atomic E-state index is 12.7. The second-order valence-electron chi connectivity index (χ2n) is 8.56. The molecule has 1 aromatic rings. The Balaban J connectivity index is 1.52. The normalized spacial score (nSPS) is 30.3. The van der Waals surface area contributed by atoms with Gasteiger partial charge in [-0.2, -0.15) is 0 Å². The molecule has 1 saturated carbocycles. The predicted octanol–water partition coefficient (Wildman–Crippen LogP) is 2.68. The number of hydrogen-bond acceptors (Lipinski definition) is 3. The van der Waals surface area contributed by atoms with E-state index in [0.29, 0.717) is 39.0 Å². The molecular weight excluding hydrogens is 344 g/mol. The molecule has 2 unspecified atom stereocenters. The summed E-state index contributed by atoms with van der Waals surface area (Å²) in [5, 5.41) is 21.1. The smallest absolute Gasteiger partial charge is 0.407 e. The largest absolute Gasteiger partial charge is 0.465 e. The van der Waals surface area contributed by atoms with Gasteiger partial charge >= 0.3 is 6.09 Å². The quantitative estimate of drug-likeness (QED) is 0.855. The van der Waals surface area contributed by atoms with E-state index in [1.54, 1.807) is 0 Å². The molecule has 3 aliphatic rings. The van der Waals surface area contributed by atoms with Crippen LogP contribution >= 0.6 is 0 Å². The molecule has 2 amide bonds. The second-order valence-corrected chi connectivity index (χ2v) is 8.56. The first-order chi connectivity index (χ1) is 12.9. The van der Waals surface area contributed by atoms with Crippen LogP contribution in [0.25, 0.3) is 0 Å². The number of aliphatic hydroxyl groups is 1. The maximum absolute atomic E-state index is 12.7. The SMILES string of the molecule is O=C(O)N1CCC(O)(CN2CC(c3ccccc3)CC2=O)C2(CCCC2)C1. The van der Waals surface area contributed by atoms with Gasteiger partial charge in [0.15, 0.2) is 0 Å². The van der Waals surface area contributed by atoms with Gasteiger partial charge in [0.05, 0.1) is 12.1 Å². The molecule has 1 aliphatic carbocycles. The summed E-state index contributed by atoms with van der Waals surface area (Å²) in [5.74, 6) is 0.257. The van der Waals surface area contributed by atoms with Crippen LogP contribution in [0.4, 0.5) is 4.79 Å². The van der Waals surface area contributed by atoms with E-state index in [1.807, 2.05) is 23.1 Å². The number of likely N-dealkylation sites (tertiary alicyclic amines) is 2. The first-order valence-corrected chi connectivity index (χ1v) is 9.95. The van der Waals surface area contributed by atoms with Crippen molar-refractivity contribution in [2.24, 2.45) is 5.41 Å². The van der Waals surface area contributed by atoms with Crippen LogP contribution in [-0.4, -0.2) is 63.8 Å². The fourth-order valence-corrected chi connectivity index (χ4v) is 5.45. The van der Waals surface area contributed by atoms with E-state index in [2.05, 4.69) is 12.1 Å². The summed E-state index contributed by atoms with van der Waals surface area (Å²) in [5.41, 5.74) is -0.262. The van der Waals surface area contributed by atoms with Gasteiger partial charge < -0.3 is 20.0 Å². The number of carboxylic acid groups (broad SMARTS) is 1. The Morgan fingerprint density at radius 1 is 1.15 bits per heavy atom. The zero-order chi connectivity index (χ0) is 19.1. The first-order valence-electron chi connectivity index (χ1n) is 9.95. The minimum absolute atomic E-state index is 0.0890. The topological polar surface area (TPSA) is 81.1 Å². The second kappa shape index (κ2) is 6.82. The van der Waals surface area contributed by atoms with Crippen molar-refractivity contribution in [3.05, 3.63) is 35.9 Å². The summed E-state index contributed by atoms with van der Waals surface area (Å²) >= 11 is 0. The number of β-amino-alcohol motifs (C(OH)–C–C–N with tert-alkyl or cyclic N) is 1. The zero-order valence-electron chi connectivity index (χ0n) is 15.6. The third-order valence-corrected chi connectivity index (χ3v) is 7.05. The molecule has 27 heavy (non-hydrogen) atoms. The van der Waals surface area contributed by atoms with Gasteiger partial charge in [0, 0.05) is 37.4 Å². The lowest BCUT2D eigenvalue weighted by molar-refractivity contribution is -0.152. The molecular formula is C21H28N2O4. The van der Waals surface area contributed by atoms with E-state index in [9.17, 15) is 19.8 Å². The summed E-state index contributed by atoms with van der Waals surface area (Å²) < 4.78 is 0. The number of carbonyl (C=O) groups is 2. The number of benzene rings is 1. The molecule has 2 heterocycles. The molecule has 2 saturated heterocycles. The third kappa shape index (κ3) is 3.20. The minimum atomic E-state index is -1.00. The van der Waals surface area contributed by atoms with Crippen LogP contribution in [0.5, 0.6) is 0 Å². The number of nitrogens with zero attached hydrogens (tertiary/aromatic N) is 2. The molecule has 1 spiro atoms. The van der Waals surface area contributed by atoms with E-state index < -0.39 is 17.1 Å². The van der Waals surface area contributed by atoms with E-state index in [-0.39, 0.29) is 11.8 Å². The zero-order valence-corrected chi connectivity index (χ0v) is 15.6. The highest BCUT2D eigenvalue weighted by molar-refractivity contribution is 5.80. The van der Waals surface area contributed by atoms with Gasteiger partial charge in [0.2, 0.25) is 5.91 Å². The molecule has 2 aliphatic heterocycles. The van der Waals surface area contributed by atoms with Crippen LogP contribution in [0, 0.1) is 5.41 Å². The van der Waals surface area contributed by atoms with E-state index in [4.69, 9.17) is 0 Å². The van der Waals surface area contributed by atoms with E-state index >= 15 is 0 Å². The highest BCUT2D eigenvalue weighted by Gasteiger charge is 2.56. The van der Waals surface area contributed by atoms with Gasteiger partial charge in [-0.15, -0.1) is 0 Å². The summed E-state index contributed by atoms with van der Waals surface area (Å²) in [6.07, 6.45) is 3.65. The summed E-state index contributed by atoms with van der Waals surface area (Å²) in [6, 6.07) is 10.1. The Bertz CT molecular complexity index is 716. The van der Waals surface area contributed by atoms with E-state index in [1.165, 1.54) is 4.90 Å². The fraction of sp³-hybridized carbons (Fsp3) is 0.619. The Morgan fingerprint density at radius 3 is 2.52 bits per heavy atom. The van der Waals surface area contributed by atoms with E-state index in [0.717, 1.165) is 31.2 Å². The van der Waals surface area contributed by atoms with Gasteiger partial charge in [-0.05, 0) is 24.8 Å². The molecule has 1 aromatic carbocycles. The average molecular weight is 372 g/mol. The lowest BCUT2D eigenvalue weighted by Gasteiger charge is -2.52. The van der Waals surface area contributed by atoms with Gasteiger partial charge in [0.1, 0.15) is 0 Å². The molecule has 146 valence electrons. The number of hydrogen-bond donors (Lipinski definition) is 2. The van der Waals surface area contributed by atoms with Crippen LogP contribution in [-0.2, 0) is 4.79 Å². The molecule has 2 atom stereocenters. The van der Waals surface area contributed by atoms with Crippen molar-refractivity contribution >= 4 is 12.0 Å². The van der Waals surface area contributed by atoms with Crippen molar-refractivity contribution < 1.29 is 19.8 Å². The Hall–Kier alpha value is -2.08. The number of carbonyl (C=O) groups excluding carboxylic acids is 1. The monoisotopic (exact) mass is 372 g/mol. The number of rotatable bonds is 3. The highest BCUT2D eigenvalue weighted by Crippen LogP contribution is 2.51. The molecule has 6 nitrogen and oxygen atoms in total. The molecule has 3 fully saturated rings. The van der Waals surface area contributed by atoms with Gasteiger partial charge in [-0.1, -0.05) is 43.2 Å². The minimum Gasteiger partial charge on any atom is -0.465 e. The Labute approximate surface area is 159 Å². The summed E-state index contributed by atoms with van der Waals surface area (Å²) in [7, 11) is 0. The Morgan fingerprint density at radius 2 is 1.85 bits per heavy atom. The number of amides is 2. The molecule has 0 radical (unpaired) electrons. The van der Waals surface area contributed by atoms with Crippen LogP contribution in [0.3, 0.4) is 0 Å². The van der Waals surface area contributed by atoms with Gasteiger partial charge in [0.25, 0.3) is 0 Å². The van der Waals surface area contributed by atoms with Crippen LogP contribution < -0.4 is 0 Å². The number of piperidine rings is 1. The molecule has 0 aromatic heterocycles. The summed E-state index contributed by atoms with van der Waals surface area (Å²) in [6.45, 7) is 1.66. The molecule has 4 rings (SSSR count). The van der Waals surface area contributed by atoms with Crippen molar-refractivity contribution in [2.75, 3.05) is 26.2 Å². The summed E-state index contributed by atoms with van der Waals surface area (Å²) in [4.78, 5) is 27.4. The van der Waals surface area contributed by atoms with Crippen LogP contribution in [0.15, 0.2) is 30.3 Å². The lowest BCUT2D eigenvalue weighted by atomic mass is 9.65. The fourth-order valence-electron chi connectivity index (χ4n) is 5.45. The van der Waals surface area contributed by atoms with Crippen molar-refractivity contribution in [1.82, 2.24) is 9.80 Å².